The molecule has 2 heterocycles. The molecule has 0 radical (unpaired) electrons. The van der Waals surface area contributed by atoms with Gasteiger partial charge < -0.3 is 15.3 Å². The number of hydrogen-bond donors (Lipinski definition) is 3. The van der Waals surface area contributed by atoms with Gasteiger partial charge in [0.1, 0.15) is 0 Å². The minimum atomic E-state index is -4.41. The summed E-state index contributed by atoms with van der Waals surface area (Å²) < 4.78 is 37.5. The Kier molecular flexibility index (Phi) is 6.76. The van der Waals surface area contributed by atoms with Gasteiger partial charge in [-0.25, -0.2) is 4.79 Å². The average molecular weight is 440 g/mol. The molecule has 0 saturated heterocycles. The van der Waals surface area contributed by atoms with Gasteiger partial charge in [-0.1, -0.05) is 0 Å². The molecule has 0 aromatic carbocycles. The number of carbonyl (C=O) groups excluding carboxylic acids is 1. The second kappa shape index (κ2) is 9.31. The van der Waals surface area contributed by atoms with Crippen LogP contribution in [0.4, 0.5) is 23.8 Å². The van der Waals surface area contributed by atoms with E-state index in [1.165, 1.54) is 6.20 Å². The Balaban J connectivity index is 1.55. The Hall–Kier alpha value is -3.18. The van der Waals surface area contributed by atoms with Crippen LogP contribution in [0.3, 0.4) is 0 Å². The van der Waals surface area contributed by atoms with Gasteiger partial charge in [0.25, 0.3) is 0 Å². The zero-order valence-corrected chi connectivity index (χ0v) is 16.8. The maximum Gasteiger partial charge on any atom is 0.407 e. The van der Waals surface area contributed by atoms with E-state index >= 15 is 0 Å². The van der Waals surface area contributed by atoms with E-state index in [4.69, 9.17) is 0 Å². The Morgan fingerprint density at radius 1 is 1.29 bits per heavy atom. The van der Waals surface area contributed by atoms with E-state index in [1.807, 2.05) is 0 Å². The summed E-state index contributed by atoms with van der Waals surface area (Å²) in [5, 5.41) is 18.9. The van der Waals surface area contributed by atoms with Crippen molar-refractivity contribution in [2.45, 2.75) is 57.2 Å². The summed E-state index contributed by atoms with van der Waals surface area (Å²) in [4.78, 5) is 32.7. The lowest BCUT2D eigenvalue weighted by Crippen LogP contribution is -2.40. The van der Waals surface area contributed by atoms with E-state index in [1.54, 1.807) is 19.2 Å². The number of nitrogens with zero attached hydrogens (tertiary/aromatic N) is 4. The fourth-order valence-corrected chi connectivity index (χ4v) is 3.68. The number of alkyl halides is 3. The van der Waals surface area contributed by atoms with Crippen molar-refractivity contribution in [1.82, 2.24) is 25.1 Å². The van der Waals surface area contributed by atoms with E-state index in [2.05, 4.69) is 25.5 Å². The van der Waals surface area contributed by atoms with Crippen LogP contribution in [0.15, 0.2) is 18.5 Å². The number of carboxylic acid groups (broad SMARTS) is 1. The monoisotopic (exact) mass is 440 g/mol. The van der Waals surface area contributed by atoms with Crippen molar-refractivity contribution in [2.75, 3.05) is 11.9 Å². The molecular formula is C19H23F3N6O3. The Labute approximate surface area is 176 Å². The third-order valence-corrected chi connectivity index (χ3v) is 5.21. The fraction of sp³-hybridized carbons (Fsp3) is 0.526. The highest BCUT2D eigenvalue weighted by molar-refractivity contribution is 5.91. The molecule has 3 N–H and O–H groups in total. The molecule has 0 bridgehead atoms. The molecular weight excluding hydrogens is 417 g/mol. The van der Waals surface area contributed by atoms with Crippen molar-refractivity contribution in [3.8, 4) is 0 Å². The van der Waals surface area contributed by atoms with E-state index < -0.39 is 31.3 Å². The van der Waals surface area contributed by atoms with Crippen LogP contribution in [0.1, 0.15) is 48.7 Å². The first-order valence-electron chi connectivity index (χ1n) is 9.79. The molecule has 1 fully saturated rings. The van der Waals surface area contributed by atoms with Gasteiger partial charge in [-0.2, -0.15) is 18.3 Å². The summed E-state index contributed by atoms with van der Waals surface area (Å²) in [6.45, 7) is 1.21. The van der Waals surface area contributed by atoms with Crippen LogP contribution in [0, 0.1) is 6.92 Å². The number of hydrogen-bond acceptors (Lipinski definition) is 5. The first-order chi connectivity index (χ1) is 14.6. The number of carbonyl (C=O) groups is 2. The molecule has 12 heteroatoms. The molecule has 2 amide bonds. The number of anilines is 1. The molecule has 0 aliphatic heterocycles. The molecule has 168 valence electrons. The van der Waals surface area contributed by atoms with Gasteiger partial charge in [-0.3, -0.25) is 19.9 Å². The molecule has 0 spiro atoms. The zero-order valence-electron chi connectivity index (χ0n) is 16.8. The number of amides is 2. The minimum Gasteiger partial charge on any atom is -0.465 e. The second-order valence-corrected chi connectivity index (χ2v) is 7.59. The highest BCUT2D eigenvalue weighted by Gasteiger charge is 2.36. The standard InChI is InChI=1S/C19H23F3N6O3/c1-11-9-24-13(10-23-11)7-17(29)25-16-8-15(26-27-16)12-2-3-14(6-12)28(18(30)31)5-4-19(20,21)22/h8-10,12,14H,2-7H2,1H3,(H,30,31)(H2,25,26,27,29). The summed E-state index contributed by atoms with van der Waals surface area (Å²) >= 11 is 0. The van der Waals surface area contributed by atoms with E-state index in [0.717, 1.165) is 10.6 Å². The van der Waals surface area contributed by atoms with Crippen molar-refractivity contribution < 1.29 is 27.9 Å². The number of aromatic amines is 1. The van der Waals surface area contributed by atoms with Crippen LogP contribution >= 0.6 is 0 Å². The van der Waals surface area contributed by atoms with Gasteiger partial charge in [-0.15, -0.1) is 0 Å². The Morgan fingerprint density at radius 3 is 2.71 bits per heavy atom. The van der Waals surface area contributed by atoms with Crippen LogP contribution in [0.5, 0.6) is 0 Å². The lowest BCUT2D eigenvalue weighted by atomic mass is 10.0. The summed E-state index contributed by atoms with van der Waals surface area (Å²) in [6.07, 6.45) is -2.36. The number of H-pyrrole nitrogens is 1. The van der Waals surface area contributed by atoms with Crippen molar-refractivity contribution in [2.24, 2.45) is 0 Å². The van der Waals surface area contributed by atoms with Crippen molar-refractivity contribution in [3.63, 3.8) is 0 Å². The number of halogens is 3. The third kappa shape index (κ3) is 6.40. The topological polar surface area (TPSA) is 124 Å². The SMILES string of the molecule is Cc1cnc(CC(=O)Nc2cc(C3CCC(N(CCC(F)(F)F)C(=O)O)C3)[nH]n2)cn1. The van der Waals surface area contributed by atoms with Crippen LogP contribution < -0.4 is 5.32 Å². The van der Waals surface area contributed by atoms with Crippen molar-refractivity contribution >= 4 is 17.8 Å². The number of aromatic nitrogens is 4. The molecule has 1 aliphatic carbocycles. The maximum atomic E-state index is 12.5. The third-order valence-electron chi connectivity index (χ3n) is 5.21. The average Bonchev–Trinajstić information content (AvgIpc) is 3.32. The quantitative estimate of drug-likeness (QED) is 0.607. The van der Waals surface area contributed by atoms with Crippen LogP contribution in [-0.4, -0.2) is 60.9 Å². The highest BCUT2D eigenvalue weighted by Crippen LogP contribution is 2.37. The Bertz CT molecular complexity index is 915. The minimum absolute atomic E-state index is 0.0355. The molecule has 2 aromatic rings. The molecule has 2 atom stereocenters. The van der Waals surface area contributed by atoms with Crippen molar-refractivity contribution in [1.29, 1.82) is 0 Å². The number of rotatable bonds is 7. The van der Waals surface area contributed by atoms with Gasteiger partial charge in [0, 0.05) is 42.7 Å². The summed E-state index contributed by atoms with van der Waals surface area (Å²) in [7, 11) is 0. The van der Waals surface area contributed by atoms with Crippen molar-refractivity contribution in [3.05, 3.63) is 35.5 Å². The Morgan fingerprint density at radius 2 is 2.06 bits per heavy atom. The van der Waals surface area contributed by atoms with Crippen LogP contribution in [0.25, 0.3) is 0 Å². The van der Waals surface area contributed by atoms with Gasteiger partial charge >= 0.3 is 12.3 Å². The highest BCUT2D eigenvalue weighted by atomic mass is 19.4. The lowest BCUT2D eigenvalue weighted by Gasteiger charge is -2.26. The van der Waals surface area contributed by atoms with Gasteiger partial charge in [0.05, 0.1) is 24.2 Å². The molecule has 3 rings (SSSR count). The molecule has 1 saturated carbocycles. The van der Waals surface area contributed by atoms with Crippen LogP contribution in [-0.2, 0) is 11.2 Å². The largest absolute Gasteiger partial charge is 0.465 e. The molecule has 2 aromatic heterocycles. The lowest BCUT2D eigenvalue weighted by molar-refractivity contribution is -0.137. The summed E-state index contributed by atoms with van der Waals surface area (Å²) in [5.74, 6) is -0.0840. The normalized spacial score (nSPS) is 18.7. The van der Waals surface area contributed by atoms with E-state index in [0.29, 0.717) is 36.5 Å². The first-order valence-corrected chi connectivity index (χ1v) is 9.79. The van der Waals surface area contributed by atoms with E-state index in [-0.39, 0.29) is 18.2 Å². The van der Waals surface area contributed by atoms with E-state index in [9.17, 15) is 27.9 Å². The molecule has 1 aliphatic rings. The molecule has 31 heavy (non-hydrogen) atoms. The van der Waals surface area contributed by atoms with Gasteiger partial charge in [-0.05, 0) is 26.2 Å². The smallest absolute Gasteiger partial charge is 0.407 e. The predicted octanol–water partition coefficient (Wildman–Crippen LogP) is 3.26. The second-order valence-electron chi connectivity index (χ2n) is 7.59. The fourth-order valence-electron chi connectivity index (χ4n) is 3.68. The van der Waals surface area contributed by atoms with Gasteiger partial charge in [0.2, 0.25) is 5.91 Å². The predicted molar refractivity (Wildman–Crippen MR) is 103 cm³/mol. The van der Waals surface area contributed by atoms with Crippen LogP contribution in [0.2, 0.25) is 0 Å². The summed E-state index contributed by atoms with van der Waals surface area (Å²) in [6, 6.07) is 1.17. The zero-order chi connectivity index (χ0) is 22.6. The number of aryl methyl sites for hydroxylation is 1. The van der Waals surface area contributed by atoms with Gasteiger partial charge in [0.15, 0.2) is 5.82 Å². The first kappa shape index (κ1) is 22.5. The molecule has 9 nitrogen and oxygen atoms in total. The number of nitrogens with one attached hydrogen (secondary N) is 2. The maximum absolute atomic E-state index is 12.5. The molecule has 2 unspecified atom stereocenters. The summed E-state index contributed by atoms with van der Waals surface area (Å²) in [5.41, 5.74) is 1.97.